The molecule has 0 spiro atoms. The molecular formula is C15H13NO. The molecule has 0 aliphatic carbocycles. The number of aryl methyl sites for hydroxylation is 2. The summed E-state index contributed by atoms with van der Waals surface area (Å²) in [6.07, 6.45) is 0. The summed E-state index contributed by atoms with van der Waals surface area (Å²) in [7, 11) is 0. The molecule has 0 N–H and O–H groups in total. The third kappa shape index (κ3) is 1.62. The molecule has 2 nitrogen and oxygen atoms in total. The highest BCUT2D eigenvalue weighted by atomic mass is 16.3. The van der Waals surface area contributed by atoms with Gasteiger partial charge in [0.25, 0.3) is 0 Å². The van der Waals surface area contributed by atoms with E-state index in [0.717, 1.165) is 28.1 Å². The number of hydrogen-bond acceptors (Lipinski definition) is 2. The second kappa shape index (κ2) is 3.74. The van der Waals surface area contributed by atoms with Crippen molar-refractivity contribution in [3.63, 3.8) is 0 Å². The summed E-state index contributed by atoms with van der Waals surface area (Å²) in [5.41, 5.74) is 3.96. The van der Waals surface area contributed by atoms with E-state index >= 15 is 0 Å². The van der Waals surface area contributed by atoms with Gasteiger partial charge in [0, 0.05) is 10.9 Å². The van der Waals surface area contributed by atoms with E-state index in [0.29, 0.717) is 0 Å². The fourth-order valence-corrected chi connectivity index (χ4v) is 1.98. The smallest absolute Gasteiger partial charge is 0.227 e. The standard InChI is InChI=1S/C15H13NO/c1-10-11(2)17-15-13(10)8-9-14(16-15)12-6-4-3-5-7-12/h3-9H,1-2H3. The van der Waals surface area contributed by atoms with Gasteiger partial charge in [0.2, 0.25) is 5.71 Å². The molecule has 0 saturated carbocycles. The van der Waals surface area contributed by atoms with Crippen LogP contribution in [0.3, 0.4) is 0 Å². The molecule has 0 fully saturated rings. The van der Waals surface area contributed by atoms with Crippen molar-refractivity contribution in [2.24, 2.45) is 0 Å². The molecule has 0 saturated heterocycles. The van der Waals surface area contributed by atoms with Crippen LogP contribution in [-0.2, 0) is 0 Å². The fraction of sp³-hybridized carbons (Fsp3) is 0.133. The van der Waals surface area contributed by atoms with E-state index in [1.54, 1.807) is 0 Å². The predicted molar refractivity (Wildman–Crippen MR) is 68.9 cm³/mol. The van der Waals surface area contributed by atoms with Gasteiger partial charge in [-0.15, -0.1) is 0 Å². The Hall–Kier alpha value is -2.09. The second-order valence-electron chi connectivity index (χ2n) is 4.20. The van der Waals surface area contributed by atoms with Crippen LogP contribution in [0.4, 0.5) is 0 Å². The monoisotopic (exact) mass is 223 g/mol. The van der Waals surface area contributed by atoms with Crippen LogP contribution in [0.25, 0.3) is 22.4 Å². The van der Waals surface area contributed by atoms with Crippen molar-refractivity contribution in [1.29, 1.82) is 0 Å². The fourth-order valence-electron chi connectivity index (χ4n) is 1.98. The van der Waals surface area contributed by atoms with E-state index in [4.69, 9.17) is 4.42 Å². The summed E-state index contributed by atoms with van der Waals surface area (Å²) in [6.45, 7) is 4.03. The lowest BCUT2D eigenvalue weighted by molar-refractivity contribution is 0.565. The maximum atomic E-state index is 5.65. The highest BCUT2D eigenvalue weighted by molar-refractivity contribution is 5.81. The van der Waals surface area contributed by atoms with Crippen LogP contribution in [0.5, 0.6) is 0 Å². The minimum atomic E-state index is 0.723. The van der Waals surface area contributed by atoms with Crippen LogP contribution in [0.2, 0.25) is 0 Å². The van der Waals surface area contributed by atoms with E-state index < -0.39 is 0 Å². The molecule has 2 heterocycles. The van der Waals surface area contributed by atoms with Crippen LogP contribution in [0, 0.1) is 13.8 Å². The molecule has 2 aromatic heterocycles. The average molecular weight is 223 g/mol. The Morgan fingerprint density at radius 3 is 2.47 bits per heavy atom. The maximum absolute atomic E-state index is 5.65. The Bertz CT molecular complexity index is 668. The molecule has 84 valence electrons. The Balaban J connectivity index is 2.21. The van der Waals surface area contributed by atoms with Crippen LogP contribution >= 0.6 is 0 Å². The lowest BCUT2D eigenvalue weighted by Crippen LogP contribution is -1.82. The number of fused-ring (bicyclic) bond motifs is 1. The number of benzene rings is 1. The van der Waals surface area contributed by atoms with Gasteiger partial charge in [-0.1, -0.05) is 30.3 Å². The van der Waals surface area contributed by atoms with Gasteiger partial charge < -0.3 is 4.42 Å². The van der Waals surface area contributed by atoms with E-state index in [1.165, 1.54) is 5.56 Å². The number of aromatic nitrogens is 1. The van der Waals surface area contributed by atoms with Gasteiger partial charge >= 0.3 is 0 Å². The van der Waals surface area contributed by atoms with Gasteiger partial charge in [-0.3, -0.25) is 0 Å². The third-order valence-electron chi connectivity index (χ3n) is 3.11. The van der Waals surface area contributed by atoms with Crippen molar-refractivity contribution in [3.8, 4) is 11.3 Å². The van der Waals surface area contributed by atoms with E-state index in [2.05, 4.69) is 30.1 Å². The summed E-state index contributed by atoms with van der Waals surface area (Å²) in [4.78, 5) is 4.56. The number of nitrogens with zero attached hydrogens (tertiary/aromatic N) is 1. The predicted octanol–water partition coefficient (Wildman–Crippen LogP) is 4.11. The van der Waals surface area contributed by atoms with Gasteiger partial charge in [-0.05, 0) is 31.5 Å². The minimum Gasteiger partial charge on any atom is -0.443 e. The van der Waals surface area contributed by atoms with Crippen LogP contribution in [0.15, 0.2) is 46.9 Å². The van der Waals surface area contributed by atoms with Crippen molar-refractivity contribution >= 4 is 11.1 Å². The SMILES string of the molecule is Cc1oc2nc(-c3ccccc3)ccc2c1C. The molecule has 2 heteroatoms. The Morgan fingerprint density at radius 1 is 0.941 bits per heavy atom. The molecule has 17 heavy (non-hydrogen) atoms. The zero-order valence-electron chi connectivity index (χ0n) is 9.90. The zero-order valence-corrected chi connectivity index (χ0v) is 9.90. The normalized spacial score (nSPS) is 10.9. The lowest BCUT2D eigenvalue weighted by Gasteiger charge is -1.99. The van der Waals surface area contributed by atoms with Crippen molar-refractivity contribution < 1.29 is 4.42 Å². The highest BCUT2D eigenvalue weighted by Crippen LogP contribution is 2.26. The Morgan fingerprint density at radius 2 is 1.71 bits per heavy atom. The maximum Gasteiger partial charge on any atom is 0.227 e. The summed E-state index contributed by atoms with van der Waals surface area (Å²) in [6, 6.07) is 14.3. The molecule has 3 rings (SSSR count). The van der Waals surface area contributed by atoms with E-state index in [9.17, 15) is 0 Å². The molecule has 3 aromatic rings. The van der Waals surface area contributed by atoms with E-state index in [1.807, 2.05) is 31.2 Å². The topological polar surface area (TPSA) is 26.0 Å². The summed E-state index contributed by atoms with van der Waals surface area (Å²) < 4.78 is 5.65. The number of pyridine rings is 1. The van der Waals surface area contributed by atoms with Gasteiger partial charge in [0.1, 0.15) is 5.76 Å². The van der Waals surface area contributed by atoms with Crippen molar-refractivity contribution in [3.05, 3.63) is 53.8 Å². The van der Waals surface area contributed by atoms with Crippen molar-refractivity contribution in [1.82, 2.24) is 4.98 Å². The third-order valence-corrected chi connectivity index (χ3v) is 3.11. The second-order valence-corrected chi connectivity index (χ2v) is 4.20. The Labute approximate surface area is 99.9 Å². The summed E-state index contributed by atoms with van der Waals surface area (Å²) >= 11 is 0. The number of hydrogen-bond donors (Lipinski definition) is 0. The van der Waals surface area contributed by atoms with Gasteiger partial charge in [0.05, 0.1) is 5.69 Å². The van der Waals surface area contributed by atoms with Crippen molar-refractivity contribution in [2.45, 2.75) is 13.8 Å². The Kier molecular flexibility index (Phi) is 2.22. The molecule has 0 aliphatic rings. The van der Waals surface area contributed by atoms with Gasteiger partial charge in [0.15, 0.2) is 0 Å². The summed E-state index contributed by atoms with van der Waals surface area (Å²) in [5, 5.41) is 1.10. The molecule has 1 aromatic carbocycles. The zero-order chi connectivity index (χ0) is 11.8. The molecule has 0 bridgehead atoms. The first kappa shape index (κ1) is 10.1. The van der Waals surface area contributed by atoms with Crippen LogP contribution in [-0.4, -0.2) is 4.98 Å². The molecular weight excluding hydrogens is 210 g/mol. The molecule has 0 aliphatic heterocycles. The highest BCUT2D eigenvalue weighted by Gasteiger charge is 2.09. The largest absolute Gasteiger partial charge is 0.443 e. The number of furan rings is 1. The molecule has 0 radical (unpaired) electrons. The molecule has 0 unspecified atom stereocenters. The average Bonchev–Trinajstić information content (AvgIpc) is 2.66. The minimum absolute atomic E-state index is 0.723. The van der Waals surface area contributed by atoms with Gasteiger partial charge in [-0.2, -0.15) is 0 Å². The lowest BCUT2D eigenvalue weighted by atomic mass is 10.1. The molecule has 0 amide bonds. The van der Waals surface area contributed by atoms with E-state index in [-0.39, 0.29) is 0 Å². The van der Waals surface area contributed by atoms with Crippen molar-refractivity contribution in [2.75, 3.05) is 0 Å². The first-order valence-corrected chi connectivity index (χ1v) is 5.68. The summed E-state index contributed by atoms with van der Waals surface area (Å²) in [5.74, 6) is 0.942. The molecule has 0 atom stereocenters. The first-order valence-electron chi connectivity index (χ1n) is 5.68. The number of rotatable bonds is 1. The first-order chi connectivity index (χ1) is 8.25. The van der Waals surface area contributed by atoms with Gasteiger partial charge in [-0.25, -0.2) is 4.98 Å². The van der Waals surface area contributed by atoms with Crippen LogP contribution < -0.4 is 0 Å². The van der Waals surface area contributed by atoms with Crippen LogP contribution in [0.1, 0.15) is 11.3 Å². The quantitative estimate of drug-likeness (QED) is 0.620.